The van der Waals surface area contributed by atoms with Gasteiger partial charge >= 0.3 is 0 Å². The highest BCUT2D eigenvalue weighted by Gasteiger charge is 2.34. The van der Waals surface area contributed by atoms with E-state index in [9.17, 15) is 14.4 Å². The smallest absolute Gasteiger partial charge is 0.269 e. The molecule has 1 atom stereocenters. The van der Waals surface area contributed by atoms with E-state index in [1.807, 2.05) is 49.4 Å². The van der Waals surface area contributed by atoms with Crippen LogP contribution in [0.25, 0.3) is 0 Å². The normalized spacial score (nSPS) is 16.4. The van der Waals surface area contributed by atoms with Gasteiger partial charge in [-0.15, -0.1) is 0 Å². The number of nitrogens with zero attached hydrogens (tertiary/aromatic N) is 1. The molecule has 0 spiro atoms. The number of hydrogen-bond donors (Lipinski definition) is 2. The lowest BCUT2D eigenvalue weighted by molar-refractivity contribution is -0.129. The Hall–Kier alpha value is -3.15. The van der Waals surface area contributed by atoms with Crippen LogP contribution in [0.5, 0.6) is 0 Å². The maximum Gasteiger partial charge on any atom is 0.269 e. The molecule has 1 unspecified atom stereocenters. The summed E-state index contributed by atoms with van der Waals surface area (Å²) in [6, 6.07) is 16.7. The van der Waals surface area contributed by atoms with Gasteiger partial charge in [0.1, 0.15) is 0 Å². The van der Waals surface area contributed by atoms with Gasteiger partial charge < -0.3 is 4.90 Å². The first-order valence-electron chi connectivity index (χ1n) is 8.51. The number of carbonyl (C=O) groups excluding carboxylic acids is 3. The SMILES string of the molecule is Cc1ccc(C(=O)NNC(=O)C2CC(=O)N(Cc3ccccc3)C2)cc1. The minimum atomic E-state index is -0.468. The quantitative estimate of drug-likeness (QED) is 0.825. The Morgan fingerprint density at radius 3 is 2.42 bits per heavy atom. The highest BCUT2D eigenvalue weighted by atomic mass is 16.2. The molecule has 6 nitrogen and oxygen atoms in total. The van der Waals surface area contributed by atoms with E-state index in [0.717, 1.165) is 11.1 Å². The molecule has 2 aromatic carbocycles. The first-order chi connectivity index (χ1) is 12.5. The molecule has 1 heterocycles. The van der Waals surface area contributed by atoms with Gasteiger partial charge in [-0.3, -0.25) is 25.2 Å². The topological polar surface area (TPSA) is 78.5 Å². The van der Waals surface area contributed by atoms with Crippen molar-refractivity contribution in [2.24, 2.45) is 5.92 Å². The number of likely N-dealkylation sites (tertiary alicyclic amines) is 1. The van der Waals surface area contributed by atoms with Gasteiger partial charge in [0.25, 0.3) is 5.91 Å². The highest BCUT2D eigenvalue weighted by Crippen LogP contribution is 2.20. The number of nitrogens with one attached hydrogen (secondary N) is 2. The van der Waals surface area contributed by atoms with Gasteiger partial charge in [-0.1, -0.05) is 48.0 Å². The predicted octanol–water partition coefficient (Wildman–Crippen LogP) is 1.80. The second-order valence-corrected chi connectivity index (χ2v) is 6.47. The second-order valence-electron chi connectivity index (χ2n) is 6.47. The van der Waals surface area contributed by atoms with Crippen LogP contribution in [0, 0.1) is 12.8 Å². The molecule has 134 valence electrons. The van der Waals surface area contributed by atoms with Gasteiger partial charge in [0, 0.05) is 25.1 Å². The van der Waals surface area contributed by atoms with E-state index in [1.165, 1.54) is 0 Å². The summed E-state index contributed by atoms with van der Waals surface area (Å²) in [5.41, 5.74) is 7.37. The molecule has 0 saturated carbocycles. The third kappa shape index (κ3) is 4.27. The van der Waals surface area contributed by atoms with Crippen molar-refractivity contribution in [3.05, 3.63) is 71.3 Å². The number of amides is 3. The van der Waals surface area contributed by atoms with E-state index < -0.39 is 5.92 Å². The standard InChI is InChI=1S/C20H21N3O3/c1-14-7-9-16(10-8-14)19(25)21-22-20(26)17-11-18(24)23(13-17)12-15-5-3-2-4-6-15/h2-10,17H,11-13H2,1H3,(H,21,25)(H,22,26). The average molecular weight is 351 g/mol. The van der Waals surface area contributed by atoms with Crippen molar-refractivity contribution in [3.63, 3.8) is 0 Å². The molecule has 3 rings (SSSR count). The van der Waals surface area contributed by atoms with Crippen LogP contribution in [0.3, 0.4) is 0 Å². The molecule has 3 amide bonds. The summed E-state index contributed by atoms with van der Waals surface area (Å²) in [6.45, 7) is 2.76. The number of aryl methyl sites for hydroxylation is 1. The zero-order valence-corrected chi connectivity index (χ0v) is 14.6. The van der Waals surface area contributed by atoms with Crippen molar-refractivity contribution >= 4 is 17.7 Å². The molecule has 2 N–H and O–H groups in total. The Morgan fingerprint density at radius 2 is 1.73 bits per heavy atom. The molecule has 1 fully saturated rings. The Morgan fingerprint density at radius 1 is 1.04 bits per heavy atom. The van der Waals surface area contributed by atoms with Crippen LogP contribution in [0.1, 0.15) is 27.9 Å². The summed E-state index contributed by atoms with van der Waals surface area (Å²) in [7, 11) is 0. The number of benzene rings is 2. The maximum atomic E-state index is 12.3. The fourth-order valence-electron chi connectivity index (χ4n) is 2.90. The molecule has 0 aliphatic carbocycles. The number of carbonyl (C=O) groups is 3. The van der Waals surface area contributed by atoms with E-state index in [2.05, 4.69) is 10.9 Å². The van der Waals surface area contributed by atoms with Crippen molar-refractivity contribution in [1.29, 1.82) is 0 Å². The van der Waals surface area contributed by atoms with E-state index in [1.54, 1.807) is 17.0 Å². The van der Waals surface area contributed by atoms with Gasteiger partial charge in [-0.25, -0.2) is 0 Å². The Labute approximate surface area is 152 Å². The van der Waals surface area contributed by atoms with Gasteiger partial charge in [-0.05, 0) is 24.6 Å². The molecule has 1 aliphatic heterocycles. The third-order valence-electron chi connectivity index (χ3n) is 4.41. The van der Waals surface area contributed by atoms with Crippen molar-refractivity contribution in [3.8, 4) is 0 Å². The maximum absolute atomic E-state index is 12.3. The van der Waals surface area contributed by atoms with Crippen molar-refractivity contribution in [2.45, 2.75) is 19.9 Å². The van der Waals surface area contributed by atoms with E-state index in [0.29, 0.717) is 18.7 Å². The van der Waals surface area contributed by atoms with E-state index in [4.69, 9.17) is 0 Å². The Balaban J connectivity index is 1.51. The van der Waals surface area contributed by atoms with Crippen molar-refractivity contribution in [1.82, 2.24) is 15.8 Å². The molecule has 26 heavy (non-hydrogen) atoms. The minimum absolute atomic E-state index is 0.0566. The summed E-state index contributed by atoms with van der Waals surface area (Å²) < 4.78 is 0. The number of rotatable bonds is 4. The zero-order valence-electron chi connectivity index (χ0n) is 14.6. The Bertz CT molecular complexity index is 803. The van der Waals surface area contributed by atoms with Crippen LogP contribution in [0.2, 0.25) is 0 Å². The van der Waals surface area contributed by atoms with Crippen LogP contribution >= 0.6 is 0 Å². The van der Waals surface area contributed by atoms with Crippen LogP contribution in [-0.4, -0.2) is 29.2 Å². The first-order valence-corrected chi connectivity index (χ1v) is 8.51. The lowest BCUT2D eigenvalue weighted by Crippen LogP contribution is -2.45. The number of hydrazine groups is 1. The van der Waals surface area contributed by atoms with Crippen LogP contribution in [0.15, 0.2) is 54.6 Å². The molecular weight excluding hydrogens is 330 g/mol. The van der Waals surface area contributed by atoms with Gasteiger partial charge in [0.05, 0.1) is 5.92 Å². The molecule has 0 radical (unpaired) electrons. The second kappa shape index (κ2) is 7.82. The molecule has 1 saturated heterocycles. The third-order valence-corrected chi connectivity index (χ3v) is 4.41. The van der Waals surface area contributed by atoms with Crippen LogP contribution < -0.4 is 10.9 Å². The average Bonchev–Trinajstić information content (AvgIpc) is 3.01. The van der Waals surface area contributed by atoms with Gasteiger partial charge in [0.15, 0.2) is 0 Å². The fraction of sp³-hybridized carbons (Fsp3) is 0.250. The summed E-state index contributed by atoms with van der Waals surface area (Å²) >= 11 is 0. The largest absolute Gasteiger partial charge is 0.338 e. The monoisotopic (exact) mass is 351 g/mol. The predicted molar refractivity (Wildman–Crippen MR) is 96.8 cm³/mol. The lowest BCUT2D eigenvalue weighted by atomic mass is 10.1. The van der Waals surface area contributed by atoms with Gasteiger partial charge in [0.2, 0.25) is 11.8 Å². The zero-order chi connectivity index (χ0) is 18.5. The first kappa shape index (κ1) is 17.7. The molecule has 1 aliphatic rings. The number of hydrogen-bond acceptors (Lipinski definition) is 3. The van der Waals surface area contributed by atoms with Crippen LogP contribution in [-0.2, 0) is 16.1 Å². The summed E-state index contributed by atoms with van der Waals surface area (Å²) in [6.07, 6.45) is 0.152. The molecule has 0 bridgehead atoms. The summed E-state index contributed by atoms with van der Waals surface area (Å²) in [4.78, 5) is 38.1. The minimum Gasteiger partial charge on any atom is -0.338 e. The molecule has 0 aromatic heterocycles. The van der Waals surface area contributed by atoms with E-state index in [-0.39, 0.29) is 24.1 Å². The molecule has 2 aromatic rings. The fourth-order valence-corrected chi connectivity index (χ4v) is 2.90. The van der Waals surface area contributed by atoms with Gasteiger partial charge in [-0.2, -0.15) is 0 Å². The Kier molecular flexibility index (Phi) is 5.31. The lowest BCUT2D eigenvalue weighted by Gasteiger charge is -2.16. The summed E-state index contributed by atoms with van der Waals surface area (Å²) in [5.74, 6) is -1.26. The van der Waals surface area contributed by atoms with Crippen molar-refractivity contribution < 1.29 is 14.4 Å². The summed E-state index contributed by atoms with van der Waals surface area (Å²) in [5, 5.41) is 0. The van der Waals surface area contributed by atoms with E-state index >= 15 is 0 Å². The molecule has 6 heteroatoms. The highest BCUT2D eigenvalue weighted by molar-refractivity contribution is 5.96. The van der Waals surface area contributed by atoms with Crippen molar-refractivity contribution in [2.75, 3.05) is 6.54 Å². The van der Waals surface area contributed by atoms with Crippen LogP contribution in [0.4, 0.5) is 0 Å². The molecular formula is C20H21N3O3.